The predicted molar refractivity (Wildman–Crippen MR) is 49.9 cm³/mol. The molecule has 1 heterocycles. The molecular weight excluding hydrogens is 261 g/mol. The van der Waals surface area contributed by atoms with E-state index >= 15 is 0 Å². The number of nitrogens with zero attached hydrogens (tertiary/aromatic N) is 1. The number of aromatic nitrogens is 1. The highest BCUT2D eigenvalue weighted by molar-refractivity contribution is 5.72. The van der Waals surface area contributed by atoms with Gasteiger partial charge in [-0.2, -0.15) is 13.2 Å². The fraction of sp³-hybridized carbons (Fsp3) is 0.400. The van der Waals surface area contributed by atoms with E-state index < -0.39 is 41.8 Å². The molecule has 18 heavy (non-hydrogen) atoms. The molecule has 0 bridgehead atoms. The fourth-order valence-electron chi connectivity index (χ4n) is 1.24. The van der Waals surface area contributed by atoms with Crippen LogP contribution >= 0.6 is 0 Å². The summed E-state index contributed by atoms with van der Waals surface area (Å²) in [4.78, 5) is 14.0. The second kappa shape index (κ2) is 5.28. The first kappa shape index (κ1) is 14.3. The first-order valence-corrected chi connectivity index (χ1v) is 4.66. The van der Waals surface area contributed by atoms with Gasteiger partial charge in [-0.05, 0) is 11.6 Å². The first-order valence-electron chi connectivity index (χ1n) is 4.66. The van der Waals surface area contributed by atoms with Gasteiger partial charge < -0.3 is 4.74 Å². The topological polar surface area (TPSA) is 39.2 Å². The van der Waals surface area contributed by atoms with Crippen molar-refractivity contribution in [2.45, 2.75) is 19.0 Å². The fourth-order valence-corrected chi connectivity index (χ4v) is 1.24. The van der Waals surface area contributed by atoms with E-state index in [-0.39, 0.29) is 0 Å². The average molecular weight is 269 g/mol. The summed E-state index contributed by atoms with van der Waals surface area (Å²) < 4.78 is 66.4. The summed E-state index contributed by atoms with van der Waals surface area (Å²) in [5.74, 6) is -0.918. The monoisotopic (exact) mass is 269 g/mol. The molecule has 0 fully saturated rings. The van der Waals surface area contributed by atoms with Gasteiger partial charge >= 0.3 is 12.1 Å². The quantitative estimate of drug-likeness (QED) is 0.625. The third-order valence-electron chi connectivity index (χ3n) is 2.10. The Kier molecular flexibility index (Phi) is 4.20. The van der Waals surface area contributed by atoms with E-state index in [9.17, 15) is 26.7 Å². The highest BCUT2D eigenvalue weighted by Gasteiger charge is 2.32. The van der Waals surface area contributed by atoms with Gasteiger partial charge in [0.25, 0.3) is 6.43 Å². The predicted octanol–water partition coefficient (Wildman–Crippen LogP) is 2.75. The molecule has 0 N–H and O–H groups in total. The minimum Gasteiger partial charge on any atom is -0.469 e. The van der Waals surface area contributed by atoms with Crippen LogP contribution in [0.15, 0.2) is 12.3 Å². The summed E-state index contributed by atoms with van der Waals surface area (Å²) in [7, 11) is 1.01. The minimum absolute atomic E-state index is 0.308. The van der Waals surface area contributed by atoms with Gasteiger partial charge in [0.1, 0.15) is 5.69 Å². The van der Waals surface area contributed by atoms with Crippen molar-refractivity contribution in [3.05, 3.63) is 29.1 Å². The van der Waals surface area contributed by atoms with Gasteiger partial charge in [-0.15, -0.1) is 0 Å². The molecule has 0 saturated carbocycles. The van der Waals surface area contributed by atoms with Crippen LogP contribution in [0.5, 0.6) is 0 Å². The number of carbonyl (C=O) groups is 1. The third kappa shape index (κ3) is 3.38. The van der Waals surface area contributed by atoms with Crippen molar-refractivity contribution >= 4 is 5.97 Å². The number of esters is 1. The van der Waals surface area contributed by atoms with Crippen molar-refractivity contribution in [2.24, 2.45) is 0 Å². The molecule has 100 valence electrons. The molecule has 1 aromatic rings. The lowest BCUT2D eigenvalue weighted by atomic mass is 10.1. The Hall–Kier alpha value is -1.73. The van der Waals surface area contributed by atoms with Gasteiger partial charge in [-0.1, -0.05) is 0 Å². The third-order valence-corrected chi connectivity index (χ3v) is 2.10. The molecule has 0 aliphatic carbocycles. The van der Waals surface area contributed by atoms with E-state index in [0.717, 1.165) is 7.11 Å². The number of hydrogen-bond acceptors (Lipinski definition) is 3. The number of carbonyl (C=O) groups excluding carboxylic acids is 1. The standard InChI is InChI=1S/C10H8F5NO2/c1-18-7(17)3-5-2-6(10(13,14)15)4-16-8(5)9(11)12/h2,4,9H,3H2,1H3. The highest BCUT2D eigenvalue weighted by atomic mass is 19.4. The summed E-state index contributed by atoms with van der Waals surface area (Å²) in [5.41, 5.74) is -2.54. The summed E-state index contributed by atoms with van der Waals surface area (Å²) in [6, 6.07) is 0.478. The van der Waals surface area contributed by atoms with Crippen LogP contribution < -0.4 is 0 Å². The Morgan fingerprint density at radius 1 is 1.44 bits per heavy atom. The molecule has 1 rings (SSSR count). The van der Waals surface area contributed by atoms with Crippen LogP contribution in [0, 0.1) is 0 Å². The van der Waals surface area contributed by atoms with E-state index in [2.05, 4.69) is 9.72 Å². The van der Waals surface area contributed by atoms with Gasteiger partial charge in [-0.25, -0.2) is 8.78 Å². The van der Waals surface area contributed by atoms with Crippen molar-refractivity contribution < 1.29 is 31.5 Å². The van der Waals surface area contributed by atoms with Gasteiger partial charge in [-0.3, -0.25) is 9.78 Å². The minimum atomic E-state index is -4.71. The van der Waals surface area contributed by atoms with Crippen molar-refractivity contribution in [1.29, 1.82) is 0 Å². The molecule has 3 nitrogen and oxygen atoms in total. The number of pyridine rings is 1. The van der Waals surface area contributed by atoms with Crippen LogP contribution in [0.2, 0.25) is 0 Å². The largest absolute Gasteiger partial charge is 0.469 e. The maximum atomic E-state index is 12.5. The molecule has 0 unspecified atom stereocenters. The zero-order chi connectivity index (χ0) is 13.9. The molecule has 0 saturated heterocycles. The van der Waals surface area contributed by atoms with E-state index in [0.29, 0.717) is 12.3 Å². The maximum absolute atomic E-state index is 12.5. The number of rotatable bonds is 3. The second-order valence-electron chi connectivity index (χ2n) is 3.32. The average Bonchev–Trinajstić information content (AvgIpc) is 2.27. The highest BCUT2D eigenvalue weighted by Crippen LogP contribution is 2.31. The lowest BCUT2D eigenvalue weighted by Crippen LogP contribution is -2.12. The zero-order valence-corrected chi connectivity index (χ0v) is 9.09. The summed E-state index contributed by atoms with van der Waals surface area (Å²) in [5, 5.41) is 0. The molecule has 0 spiro atoms. The lowest BCUT2D eigenvalue weighted by molar-refractivity contribution is -0.140. The van der Waals surface area contributed by atoms with Crippen LogP contribution in [0.1, 0.15) is 23.2 Å². The Balaban J connectivity index is 3.20. The van der Waals surface area contributed by atoms with E-state index in [1.165, 1.54) is 0 Å². The van der Waals surface area contributed by atoms with Crippen molar-refractivity contribution in [2.75, 3.05) is 7.11 Å². The van der Waals surface area contributed by atoms with Crippen LogP contribution in [0.3, 0.4) is 0 Å². The molecule has 0 atom stereocenters. The Morgan fingerprint density at radius 3 is 2.50 bits per heavy atom. The second-order valence-corrected chi connectivity index (χ2v) is 3.32. The van der Waals surface area contributed by atoms with Crippen molar-refractivity contribution in [3.8, 4) is 0 Å². The number of hydrogen-bond donors (Lipinski definition) is 0. The molecule has 0 aliphatic heterocycles. The number of ether oxygens (including phenoxy) is 1. The number of methoxy groups -OCH3 is 1. The molecule has 0 radical (unpaired) electrons. The Morgan fingerprint density at radius 2 is 2.06 bits per heavy atom. The smallest absolute Gasteiger partial charge is 0.417 e. The van der Waals surface area contributed by atoms with E-state index in [4.69, 9.17) is 0 Å². The van der Waals surface area contributed by atoms with Gasteiger partial charge in [0.05, 0.1) is 19.1 Å². The van der Waals surface area contributed by atoms with Gasteiger partial charge in [0.15, 0.2) is 0 Å². The van der Waals surface area contributed by atoms with E-state index in [1.807, 2.05) is 0 Å². The summed E-state index contributed by atoms with van der Waals surface area (Å²) in [6.45, 7) is 0. The summed E-state index contributed by atoms with van der Waals surface area (Å²) in [6.07, 6.45) is -8.15. The summed E-state index contributed by atoms with van der Waals surface area (Å²) >= 11 is 0. The molecule has 0 amide bonds. The Labute approximate surface area is 98.6 Å². The van der Waals surface area contributed by atoms with Crippen molar-refractivity contribution in [3.63, 3.8) is 0 Å². The molecule has 0 aliphatic rings. The van der Waals surface area contributed by atoms with Crippen LogP contribution in [0.25, 0.3) is 0 Å². The molecule has 1 aromatic heterocycles. The van der Waals surface area contributed by atoms with Gasteiger partial charge in [0.2, 0.25) is 0 Å². The SMILES string of the molecule is COC(=O)Cc1cc(C(F)(F)F)cnc1C(F)F. The van der Waals surface area contributed by atoms with Gasteiger partial charge in [0, 0.05) is 6.20 Å². The van der Waals surface area contributed by atoms with Crippen LogP contribution in [0.4, 0.5) is 22.0 Å². The van der Waals surface area contributed by atoms with Crippen LogP contribution in [-0.2, 0) is 22.1 Å². The van der Waals surface area contributed by atoms with Crippen LogP contribution in [-0.4, -0.2) is 18.1 Å². The molecular formula is C10H8F5NO2. The molecule has 8 heteroatoms. The molecule has 0 aromatic carbocycles. The normalized spacial score (nSPS) is 11.7. The number of alkyl halides is 5. The van der Waals surface area contributed by atoms with Crippen molar-refractivity contribution in [1.82, 2.24) is 4.98 Å². The van der Waals surface area contributed by atoms with E-state index in [1.54, 1.807) is 0 Å². The Bertz CT molecular complexity index is 444. The number of halogens is 5. The zero-order valence-electron chi connectivity index (χ0n) is 9.09. The lowest BCUT2D eigenvalue weighted by Gasteiger charge is -2.11. The first-order chi connectivity index (χ1) is 8.25. The maximum Gasteiger partial charge on any atom is 0.417 e.